The van der Waals surface area contributed by atoms with Gasteiger partial charge in [-0.3, -0.25) is 14.5 Å². The summed E-state index contributed by atoms with van der Waals surface area (Å²) in [6, 6.07) is 15.0. The number of anilines is 1. The van der Waals surface area contributed by atoms with Crippen LogP contribution in [0.1, 0.15) is 24.2 Å². The number of benzene rings is 2. The lowest BCUT2D eigenvalue weighted by Gasteiger charge is -2.34. The molecular weight excluding hydrogens is 406 g/mol. The SMILES string of the molecule is CC(C)Sc1ccccc1C(=O)N1CCN(CC(=O)Nc2ccccc2Cl)CC1. The lowest BCUT2D eigenvalue weighted by Crippen LogP contribution is -2.50. The molecule has 1 fully saturated rings. The minimum atomic E-state index is -0.100. The molecule has 1 heterocycles. The van der Waals surface area contributed by atoms with Crippen molar-refractivity contribution in [3.05, 3.63) is 59.1 Å². The van der Waals surface area contributed by atoms with E-state index in [-0.39, 0.29) is 18.4 Å². The van der Waals surface area contributed by atoms with Gasteiger partial charge in [0, 0.05) is 36.3 Å². The highest BCUT2D eigenvalue weighted by Gasteiger charge is 2.25. The summed E-state index contributed by atoms with van der Waals surface area (Å²) in [5.74, 6) is -0.0366. The van der Waals surface area contributed by atoms with Crippen molar-refractivity contribution in [2.24, 2.45) is 0 Å². The first-order valence-electron chi connectivity index (χ1n) is 9.75. The number of nitrogens with one attached hydrogen (secondary N) is 1. The van der Waals surface area contributed by atoms with E-state index in [0.29, 0.717) is 42.1 Å². The first-order chi connectivity index (χ1) is 13.9. The number of halogens is 1. The van der Waals surface area contributed by atoms with Gasteiger partial charge in [-0.2, -0.15) is 0 Å². The standard InChI is InChI=1S/C22H26ClN3O2S/c1-16(2)29-20-10-6-3-7-17(20)22(28)26-13-11-25(12-14-26)15-21(27)24-19-9-5-4-8-18(19)23/h3-10,16H,11-15H2,1-2H3,(H,24,27). The first kappa shape index (κ1) is 21.7. The van der Waals surface area contributed by atoms with Crippen LogP contribution in [0.5, 0.6) is 0 Å². The summed E-state index contributed by atoms with van der Waals surface area (Å²) in [5.41, 5.74) is 1.38. The molecule has 0 radical (unpaired) electrons. The van der Waals surface area contributed by atoms with Gasteiger partial charge >= 0.3 is 0 Å². The van der Waals surface area contributed by atoms with E-state index in [1.54, 1.807) is 23.9 Å². The van der Waals surface area contributed by atoms with Crippen LogP contribution in [0.3, 0.4) is 0 Å². The molecule has 0 unspecified atom stereocenters. The second kappa shape index (κ2) is 10.1. The quantitative estimate of drug-likeness (QED) is 0.695. The number of nitrogens with zero attached hydrogens (tertiary/aromatic N) is 2. The van der Waals surface area contributed by atoms with Crippen LogP contribution in [-0.2, 0) is 4.79 Å². The highest BCUT2D eigenvalue weighted by Crippen LogP contribution is 2.27. The summed E-state index contributed by atoms with van der Waals surface area (Å²) in [5, 5.41) is 3.78. The Balaban J connectivity index is 1.53. The fraction of sp³-hybridized carbons (Fsp3) is 0.364. The Morgan fingerprint density at radius 1 is 1.03 bits per heavy atom. The maximum atomic E-state index is 13.0. The van der Waals surface area contributed by atoms with E-state index in [9.17, 15) is 9.59 Å². The van der Waals surface area contributed by atoms with Crippen molar-refractivity contribution in [1.29, 1.82) is 0 Å². The van der Waals surface area contributed by atoms with E-state index in [4.69, 9.17) is 11.6 Å². The largest absolute Gasteiger partial charge is 0.336 e. The predicted octanol–water partition coefficient (Wildman–Crippen LogP) is 4.24. The van der Waals surface area contributed by atoms with Crippen LogP contribution in [0.2, 0.25) is 5.02 Å². The van der Waals surface area contributed by atoms with E-state index in [2.05, 4.69) is 24.1 Å². The molecule has 3 rings (SSSR count). The summed E-state index contributed by atoms with van der Waals surface area (Å²) >= 11 is 7.80. The molecule has 154 valence electrons. The van der Waals surface area contributed by atoms with E-state index in [1.165, 1.54) is 0 Å². The number of para-hydroxylation sites is 1. The zero-order chi connectivity index (χ0) is 20.8. The molecule has 2 amide bonds. The minimum absolute atomic E-state index is 0.0638. The molecule has 2 aromatic carbocycles. The Kier molecular flexibility index (Phi) is 7.58. The predicted molar refractivity (Wildman–Crippen MR) is 120 cm³/mol. The van der Waals surface area contributed by atoms with Crippen LogP contribution in [0, 0.1) is 0 Å². The van der Waals surface area contributed by atoms with Gasteiger partial charge in [-0.05, 0) is 24.3 Å². The Hall–Kier alpha value is -2.02. The van der Waals surface area contributed by atoms with Crippen molar-refractivity contribution in [3.63, 3.8) is 0 Å². The third-order valence-electron chi connectivity index (χ3n) is 4.65. The first-order valence-corrected chi connectivity index (χ1v) is 11.0. The van der Waals surface area contributed by atoms with Gasteiger partial charge in [0.15, 0.2) is 0 Å². The Morgan fingerprint density at radius 2 is 1.69 bits per heavy atom. The zero-order valence-corrected chi connectivity index (χ0v) is 18.3. The molecule has 1 aliphatic rings. The average molecular weight is 432 g/mol. The number of carbonyl (C=O) groups is 2. The van der Waals surface area contributed by atoms with Crippen LogP contribution in [0.25, 0.3) is 0 Å². The van der Waals surface area contributed by atoms with Crippen LogP contribution >= 0.6 is 23.4 Å². The van der Waals surface area contributed by atoms with Gasteiger partial charge in [0.05, 0.1) is 22.8 Å². The van der Waals surface area contributed by atoms with Gasteiger partial charge in [-0.1, -0.05) is 49.7 Å². The smallest absolute Gasteiger partial charge is 0.255 e. The van der Waals surface area contributed by atoms with Crippen molar-refractivity contribution in [3.8, 4) is 0 Å². The number of carbonyl (C=O) groups excluding carboxylic acids is 2. The third kappa shape index (κ3) is 5.98. The maximum absolute atomic E-state index is 13.0. The highest BCUT2D eigenvalue weighted by molar-refractivity contribution is 8.00. The number of hydrogen-bond donors (Lipinski definition) is 1. The van der Waals surface area contributed by atoms with Gasteiger partial charge < -0.3 is 10.2 Å². The molecule has 1 saturated heterocycles. The van der Waals surface area contributed by atoms with Crippen LogP contribution in [0.4, 0.5) is 5.69 Å². The number of piperazine rings is 1. The topological polar surface area (TPSA) is 52.7 Å². The fourth-order valence-electron chi connectivity index (χ4n) is 3.23. The molecule has 2 aromatic rings. The summed E-state index contributed by atoms with van der Waals surface area (Å²) in [6.45, 7) is 7.09. The van der Waals surface area contributed by atoms with Gasteiger partial charge in [-0.15, -0.1) is 11.8 Å². The maximum Gasteiger partial charge on any atom is 0.255 e. The molecule has 5 nitrogen and oxygen atoms in total. The second-order valence-corrected chi connectivity index (χ2v) is 9.28. The molecule has 7 heteroatoms. The summed E-state index contributed by atoms with van der Waals surface area (Å²) < 4.78 is 0. The van der Waals surface area contributed by atoms with Crippen LogP contribution in [0.15, 0.2) is 53.4 Å². The molecule has 1 aliphatic heterocycles. The second-order valence-electron chi connectivity index (χ2n) is 7.26. The van der Waals surface area contributed by atoms with Gasteiger partial charge in [-0.25, -0.2) is 0 Å². The average Bonchev–Trinajstić information content (AvgIpc) is 2.70. The molecule has 0 saturated carbocycles. The number of hydrogen-bond acceptors (Lipinski definition) is 4. The zero-order valence-electron chi connectivity index (χ0n) is 16.7. The number of amides is 2. The molecule has 0 spiro atoms. The molecule has 1 N–H and O–H groups in total. The monoisotopic (exact) mass is 431 g/mol. The minimum Gasteiger partial charge on any atom is -0.336 e. The van der Waals surface area contributed by atoms with E-state index < -0.39 is 0 Å². The summed E-state index contributed by atoms with van der Waals surface area (Å²) in [6.07, 6.45) is 0. The molecule has 29 heavy (non-hydrogen) atoms. The number of rotatable bonds is 6. The van der Waals surface area contributed by atoms with Crippen molar-refractivity contribution in [1.82, 2.24) is 9.80 Å². The number of thioether (sulfide) groups is 1. The van der Waals surface area contributed by atoms with Gasteiger partial charge in [0.25, 0.3) is 5.91 Å². The van der Waals surface area contributed by atoms with E-state index in [0.717, 1.165) is 10.5 Å². The Bertz CT molecular complexity index is 867. The third-order valence-corrected chi connectivity index (χ3v) is 6.07. The molecule has 0 atom stereocenters. The normalized spacial score (nSPS) is 14.8. The molecular formula is C22H26ClN3O2S. The molecule has 0 aliphatic carbocycles. The summed E-state index contributed by atoms with van der Waals surface area (Å²) in [7, 11) is 0. The van der Waals surface area contributed by atoms with Crippen molar-refractivity contribution >= 4 is 40.9 Å². The molecule has 0 aromatic heterocycles. The lowest BCUT2D eigenvalue weighted by atomic mass is 10.2. The Labute approximate surface area is 181 Å². The fourth-order valence-corrected chi connectivity index (χ4v) is 4.37. The van der Waals surface area contributed by atoms with Gasteiger partial charge in [0.2, 0.25) is 5.91 Å². The Morgan fingerprint density at radius 3 is 2.38 bits per heavy atom. The van der Waals surface area contributed by atoms with Crippen molar-refractivity contribution in [2.75, 3.05) is 38.0 Å². The molecule has 0 bridgehead atoms. The van der Waals surface area contributed by atoms with Gasteiger partial charge in [0.1, 0.15) is 0 Å². The lowest BCUT2D eigenvalue weighted by molar-refractivity contribution is -0.117. The van der Waals surface area contributed by atoms with Crippen molar-refractivity contribution in [2.45, 2.75) is 24.0 Å². The summed E-state index contributed by atoms with van der Waals surface area (Å²) in [4.78, 5) is 30.3. The van der Waals surface area contributed by atoms with E-state index in [1.807, 2.05) is 41.3 Å². The van der Waals surface area contributed by atoms with Crippen molar-refractivity contribution < 1.29 is 9.59 Å². The highest BCUT2D eigenvalue weighted by atomic mass is 35.5. The van der Waals surface area contributed by atoms with E-state index >= 15 is 0 Å². The van der Waals surface area contributed by atoms with Crippen LogP contribution in [-0.4, -0.2) is 59.6 Å². The van der Waals surface area contributed by atoms with Crippen LogP contribution < -0.4 is 5.32 Å².